The summed E-state index contributed by atoms with van der Waals surface area (Å²) >= 11 is 0. The van der Waals surface area contributed by atoms with Gasteiger partial charge in [-0.2, -0.15) is 0 Å². The van der Waals surface area contributed by atoms with E-state index in [0.717, 1.165) is 25.0 Å². The number of hydrogen-bond donors (Lipinski definition) is 3. The molecule has 3 unspecified atom stereocenters. The Kier molecular flexibility index (Phi) is 4.88. The predicted octanol–water partition coefficient (Wildman–Crippen LogP) is 1.84. The Morgan fingerprint density at radius 2 is 2.05 bits per heavy atom. The zero-order chi connectivity index (χ0) is 14.8. The fourth-order valence-corrected chi connectivity index (χ4v) is 4.11. The van der Waals surface area contributed by atoms with Gasteiger partial charge in [0.25, 0.3) is 0 Å². The zero-order valence-corrected chi connectivity index (χ0v) is 13.3. The van der Waals surface area contributed by atoms with E-state index in [2.05, 4.69) is 28.9 Å². The first-order chi connectivity index (χ1) is 9.42. The highest BCUT2D eigenvalue weighted by atomic mass is 32.2. The first kappa shape index (κ1) is 15.5. The number of aromatic amines is 1. The fraction of sp³-hybridized carbons (Fsp3) is 0.714. The van der Waals surface area contributed by atoms with E-state index in [1.807, 2.05) is 7.05 Å². The quantitative estimate of drug-likeness (QED) is 0.776. The van der Waals surface area contributed by atoms with Gasteiger partial charge >= 0.3 is 0 Å². The molecule has 20 heavy (non-hydrogen) atoms. The molecule has 1 heterocycles. The number of nitrogens with one attached hydrogen (secondary N) is 3. The lowest BCUT2D eigenvalue weighted by Crippen LogP contribution is -2.39. The third kappa shape index (κ3) is 3.62. The van der Waals surface area contributed by atoms with Gasteiger partial charge in [0.15, 0.2) is 0 Å². The van der Waals surface area contributed by atoms with Crippen molar-refractivity contribution in [1.82, 2.24) is 15.0 Å². The van der Waals surface area contributed by atoms with Crippen molar-refractivity contribution < 1.29 is 8.42 Å². The number of H-pyrrole nitrogens is 1. The lowest BCUT2D eigenvalue weighted by atomic mass is 9.79. The van der Waals surface area contributed by atoms with Crippen LogP contribution in [0.1, 0.15) is 38.8 Å². The molecule has 0 amide bonds. The van der Waals surface area contributed by atoms with Gasteiger partial charge in [0, 0.05) is 24.5 Å². The maximum atomic E-state index is 12.4. The van der Waals surface area contributed by atoms with Crippen molar-refractivity contribution in [2.45, 2.75) is 50.6 Å². The Morgan fingerprint density at radius 1 is 1.30 bits per heavy atom. The molecular weight excluding hydrogens is 274 g/mol. The van der Waals surface area contributed by atoms with Crippen LogP contribution < -0.4 is 10.0 Å². The molecule has 5 nitrogen and oxygen atoms in total. The van der Waals surface area contributed by atoms with Crippen molar-refractivity contribution in [3.63, 3.8) is 0 Å². The first-order valence-electron chi connectivity index (χ1n) is 7.26. The van der Waals surface area contributed by atoms with Crippen molar-refractivity contribution in [2.24, 2.45) is 11.8 Å². The first-order valence-corrected chi connectivity index (χ1v) is 8.75. The number of rotatable bonds is 5. The van der Waals surface area contributed by atoms with Crippen LogP contribution in [0.2, 0.25) is 0 Å². The van der Waals surface area contributed by atoms with Crippen molar-refractivity contribution in [3.8, 4) is 0 Å². The van der Waals surface area contributed by atoms with Crippen LogP contribution in [0.4, 0.5) is 0 Å². The number of aromatic nitrogens is 1. The lowest BCUT2D eigenvalue weighted by molar-refractivity contribution is 0.242. The Hall–Kier alpha value is -0.850. The highest BCUT2D eigenvalue weighted by Crippen LogP contribution is 2.30. The summed E-state index contributed by atoms with van der Waals surface area (Å²) in [6, 6.07) is 1.75. The molecule has 0 spiro atoms. The molecule has 114 valence electrons. The summed E-state index contributed by atoms with van der Waals surface area (Å²) in [5.41, 5.74) is 0.874. The molecule has 0 aromatic carbocycles. The molecular formula is C14H25N3O2S. The summed E-state index contributed by atoms with van der Waals surface area (Å²) in [5, 5.41) is 2.99. The second-order valence-electron chi connectivity index (χ2n) is 5.98. The molecule has 3 N–H and O–H groups in total. The van der Waals surface area contributed by atoms with E-state index in [1.54, 1.807) is 12.3 Å². The van der Waals surface area contributed by atoms with Crippen LogP contribution in [0.5, 0.6) is 0 Å². The summed E-state index contributed by atoms with van der Waals surface area (Å²) in [6.45, 7) is 5.07. The minimum atomic E-state index is -3.41. The molecule has 0 bridgehead atoms. The van der Waals surface area contributed by atoms with Crippen LogP contribution in [0, 0.1) is 11.8 Å². The predicted molar refractivity (Wildman–Crippen MR) is 79.8 cm³/mol. The topological polar surface area (TPSA) is 74.0 Å². The molecule has 1 fully saturated rings. The van der Waals surface area contributed by atoms with Gasteiger partial charge in [0.1, 0.15) is 0 Å². The van der Waals surface area contributed by atoms with Crippen molar-refractivity contribution in [2.75, 3.05) is 7.05 Å². The van der Waals surface area contributed by atoms with Crippen LogP contribution in [0.15, 0.2) is 17.2 Å². The number of hydrogen-bond acceptors (Lipinski definition) is 3. The van der Waals surface area contributed by atoms with E-state index in [-0.39, 0.29) is 6.04 Å². The van der Waals surface area contributed by atoms with Gasteiger partial charge < -0.3 is 10.3 Å². The maximum absolute atomic E-state index is 12.4. The summed E-state index contributed by atoms with van der Waals surface area (Å²) in [6.07, 6.45) is 4.50. The summed E-state index contributed by atoms with van der Waals surface area (Å²) in [5.74, 6) is 1.26. The van der Waals surface area contributed by atoms with Crippen molar-refractivity contribution in [3.05, 3.63) is 18.0 Å². The second kappa shape index (κ2) is 6.28. The normalized spacial score (nSPS) is 27.6. The molecule has 0 saturated heterocycles. The van der Waals surface area contributed by atoms with Crippen LogP contribution in [0.25, 0.3) is 0 Å². The molecule has 1 aliphatic carbocycles. The third-order valence-electron chi connectivity index (χ3n) is 4.31. The summed E-state index contributed by atoms with van der Waals surface area (Å²) in [4.78, 5) is 3.31. The van der Waals surface area contributed by atoms with Gasteiger partial charge in [-0.05, 0) is 44.2 Å². The average molecular weight is 299 g/mol. The van der Waals surface area contributed by atoms with Gasteiger partial charge in [-0.15, -0.1) is 0 Å². The zero-order valence-electron chi connectivity index (χ0n) is 12.4. The third-order valence-corrected chi connectivity index (χ3v) is 5.81. The second-order valence-corrected chi connectivity index (χ2v) is 7.69. The van der Waals surface area contributed by atoms with Crippen molar-refractivity contribution in [1.29, 1.82) is 0 Å². The largest absolute Gasteiger partial charge is 0.363 e. The van der Waals surface area contributed by atoms with Crippen LogP contribution in [-0.4, -0.2) is 26.5 Å². The number of sulfonamides is 1. The van der Waals surface area contributed by atoms with Gasteiger partial charge in [-0.25, -0.2) is 13.1 Å². The lowest BCUT2D eigenvalue weighted by Gasteiger charge is -2.32. The summed E-state index contributed by atoms with van der Waals surface area (Å²) < 4.78 is 27.6. The highest BCUT2D eigenvalue weighted by Gasteiger charge is 2.28. The molecule has 0 aliphatic heterocycles. The monoisotopic (exact) mass is 299 g/mol. The Labute approximate surface area is 121 Å². The Bertz CT molecular complexity index is 538. The maximum Gasteiger partial charge on any atom is 0.242 e. The van der Waals surface area contributed by atoms with E-state index in [0.29, 0.717) is 23.3 Å². The van der Waals surface area contributed by atoms with Crippen LogP contribution in [0.3, 0.4) is 0 Å². The van der Waals surface area contributed by atoms with Crippen LogP contribution >= 0.6 is 0 Å². The molecule has 1 aromatic rings. The molecule has 0 radical (unpaired) electrons. The Morgan fingerprint density at radius 3 is 2.70 bits per heavy atom. The van der Waals surface area contributed by atoms with Crippen LogP contribution in [-0.2, 0) is 16.6 Å². The fourth-order valence-electron chi connectivity index (χ4n) is 2.81. The molecule has 3 atom stereocenters. The van der Waals surface area contributed by atoms with E-state index < -0.39 is 10.0 Å². The minimum absolute atomic E-state index is 0.0638. The van der Waals surface area contributed by atoms with E-state index in [4.69, 9.17) is 0 Å². The molecule has 1 saturated carbocycles. The average Bonchev–Trinajstić information content (AvgIpc) is 2.83. The van der Waals surface area contributed by atoms with E-state index >= 15 is 0 Å². The standard InChI is InChI=1S/C14H25N3O2S/c1-10-4-5-12(6-11(10)2)17-20(18,19)14-7-13(8-15-3)16-9-14/h7,9-12,15-17H,4-6,8H2,1-3H3. The van der Waals surface area contributed by atoms with Gasteiger partial charge in [-0.1, -0.05) is 13.8 Å². The Balaban J connectivity index is 2.03. The minimum Gasteiger partial charge on any atom is -0.363 e. The summed E-state index contributed by atoms with van der Waals surface area (Å²) in [7, 11) is -1.58. The smallest absolute Gasteiger partial charge is 0.242 e. The molecule has 2 rings (SSSR count). The highest BCUT2D eigenvalue weighted by molar-refractivity contribution is 7.89. The SMILES string of the molecule is CNCc1cc(S(=O)(=O)NC2CCC(C)C(C)C2)c[nH]1. The molecule has 1 aliphatic rings. The molecule has 1 aromatic heterocycles. The van der Waals surface area contributed by atoms with E-state index in [9.17, 15) is 8.42 Å². The van der Waals surface area contributed by atoms with Gasteiger partial charge in [-0.3, -0.25) is 0 Å². The van der Waals surface area contributed by atoms with Gasteiger partial charge in [0.05, 0.1) is 4.90 Å². The van der Waals surface area contributed by atoms with Crippen molar-refractivity contribution >= 4 is 10.0 Å². The van der Waals surface area contributed by atoms with Gasteiger partial charge in [0.2, 0.25) is 10.0 Å². The molecule has 6 heteroatoms. The van der Waals surface area contributed by atoms with E-state index in [1.165, 1.54) is 0 Å².